The van der Waals surface area contributed by atoms with Crippen LogP contribution >= 0.6 is 0 Å². The summed E-state index contributed by atoms with van der Waals surface area (Å²) in [5.41, 5.74) is 1.36. The third-order valence-corrected chi connectivity index (χ3v) is 6.46. The van der Waals surface area contributed by atoms with Crippen LogP contribution in [0.25, 0.3) is 0 Å². The Bertz CT molecular complexity index is 748. The highest BCUT2D eigenvalue weighted by Crippen LogP contribution is 2.22. The first-order valence-corrected chi connectivity index (χ1v) is 10.4. The van der Waals surface area contributed by atoms with Crippen LogP contribution in [0.15, 0.2) is 24.3 Å². The molecule has 1 N–H and O–H groups in total. The predicted octanol–water partition coefficient (Wildman–Crippen LogP) is 1.34. The number of carbonyl (C=O) groups is 2. The highest BCUT2D eigenvalue weighted by molar-refractivity contribution is 7.89. The Morgan fingerprint density at radius 1 is 1.35 bits per heavy atom. The molecule has 26 heavy (non-hydrogen) atoms. The zero-order chi connectivity index (χ0) is 19.2. The van der Waals surface area contributed by atoms with E-state index in [1.54, 1.807) is 18.2 Å². The zero-order valence-corrected chi connectivity index (χ0v) is 16.0. The van der Waals surface area contributed by atoms with E-state index >= 15 is 0 Å². The standard InChI is InChI=1S/C18H26N2O5S/c1-3-12-26(23,24)20-11-5-8-16(20)17(21)19-10-9-14-6-4-7-15(13-14)18(22)25-2/h4,6-7,13,16H,3,5,8-12H2,1-2H3,(H,19,21). The van der Waals surface area contributed by atoms with E-state index in [-0.39, 0.29) is 11.7 Å². The Balaban J connectivity index is 1.91. The van der Waals surface area contributed by atoms with Crippen molar-refractivity contribution in [2.75, 3.05) is 26.0 Å². The number of sulfonamides is 1. The average molecular weight is 382 g/mol. The summed E-state index contributed by atoms with van der Waals surface area (Å²) in [5.74, 6) is -0.596. The number of carbonyl (C=O) groups excluding carboxylic acids is 2. The summed E-state index contributed by atoms with van der Waals surface area (Å²) in [6.07, 6.45) is 2.32. The summed E-state index contributed by atoms with van der Waals surface area (Å²) in [7, 11) is -2.05. The Labute approximate surface area is 154 Å². The second-order valence-corrected chi connectivity index (χ2v) is 8.36. The van der Waals surface area contributed by atoms with Crippen molar-refractivity contribution in [2.24, 2.45) is 0 Å². The fraction of sp³-hybridized carbons (Fsp3) is 0.556. The maximum atomic E-state index is 12.4. The second kappa shape index (κ2) is 9.14. The number of methoxy groups -OCH3 is 1. The van der Waals surface area contributed by atoms with Crippen LogP contribution in [0.3, 0.4) is 0 Å². The summed E-state index contributed by atoms with van der Waals surface area (Å²) >= 11 is 0. The number of rotatable bonds is 8. The van der Waals surface area contributed by atoms with Crippen LogP contribution < -0.4 is 5.32 Å². The number of benzene rings is 1. The molecule has 0 bridgehead atoms. The predicted molar refractivity (Wildman–Crippen MR) is 98.3 cm³/mol. The Hall–Kier alpha value is -1.93. The van der Waals surface area contributed by atoms with Gasteiger partial charge in [-0.15, -0.1) is 0 Å². The lowest BCUT2D eigenvalue weighted by Crippen LogP contribution is -2.46. The van der Waals surface area contributed by atoms with E-state index in [1.807, 2.05) is 13.0 Å². The van der Waals surface area contributed by atoms with Crippen molar-refractivity contribution in [2.45, 2.75) is 38.6 Å². The number of hydrogen-bond acceptors (Lipinski definition) is 5. The first-order valence-electron chi connectivity index (χ1n) is 8.83. The molecule has 1 saturated heterocycles. The molecule has 7 nitrogen and oxygen atoms in total. The van der Waals surface area contributed by atoms with Gasteiger partial charge < -0.3 is 10.1 Å². The van der Waals surface area contributed by atoms with Crippen LogP contribution in [0.4, 0.5) is 0 Å². The minimum Gasteiger partial charge on any atom is -0.465 e. The smallest absolute Gasteiger partial charge is 0.337 e. The summed E-state index contributed by atoms with van der Waals surface area (Å²) in [6.45, 7) is 2.59. The number of nitrogens with zero attached hydrogens (tertiary/aromatic N) is 1. The van der Waals surface area contributed by atoms with E-state index in [9.17, 15) is 18.0 Å². The van der Waals surface area contributed by atoms with Gasteiger partial charge in [0.2, 0.25) is 15.9 Å². The van der Waals surface area contributed by atoms with Crippen molar-refractivity contribution in [3.05, 3.63) is 35.4 Å². The highest BCUT2D eigenvalue weighted by Gasteiger charge is 2.37. The maximum absolute atomic E-state index is 12.4. The Morgan fingerprint density at radius 2 is 2.12 bits per heavy atom. The molecule has 0 radical (unpaired) electrons. The second-order valence-electron chi connectivity index (χ2n) is 6.32. The average Bonchev–Trinajstić information content (AvgIpc) is 3.12. The SMILES string of the molecule is CCCS(=O)(=O)N1CCCC1C(=O)NCCc1cccc(C(=O)OC)c1. The lowest BCUT2D eigenvalue weighted by molar-refractivity contribution is -0.124. The van der Waals surface area contributed by atoms with E-state index in [1.165, 1.54) is 11.4 Å². The molecule has 1 unspecified atom stereocenters. The van der Waals surface area contributed by atoms with Crippen LogP contribution in [-0.2, 0) is 26.0 Å². The molecule has 0 aromatic heterocycles. The molecule has 0 saturated carbocycles. The van der Waals surface area contributed by atoms with Gasteiger partial charge in [-0.3, -0.25) is 4.79 Å². The molecule has 1 aliphatic heterocycles. The molecule has 8 heteroatoms. The molecule has 2 rings (SSSR count). The molecule has 1 aromatic carbocycles. The zero-order valence-electron chi connectivity index (χ0n) is 15.2. The minimum absolute atomic E-state index is 0.0666. The maximum Gasteiger partial charge on any atom is 0.337 e. The Morgan fingerprint density at radius 3 is 2.81 bits per heavy atom. The van der Waals surface area contributed by atoms with Crippen LogP contribution in [0.1, 0.15) is 42.1 Å². The minimum atomic E-state index is -3.38. The molecular formula is C18H26N2O5S. The summed E-state index contributed by atoms with van der Waals surface area (Å²) in [4.78, 5) is 24.0. The van der Waals surface area contributed by atoms with Crippen molar-refractivity contribution >= 4 is 21.9 Å². The normalized spacial score (nSPS) is 17.8. The summed E-state index contributed by atoms with van der Waals surface area (Å²) in [5, 5.41) is 2.82. The number of amides is 1. The highest BCUT2D eigenvalue weighted by atomic mass is 32.2. The van der Waals surface area contributed by atoms with Gasteiger partial charge >= 0.3 is 5.97 Å². The van der Waals surface area contributed by atoms with E-state index in [0.29, 0.717) is 44.3 Å². The first kappa shape index (κ1) is 20.4. The van der Waals surface area contributed by atoms with E-state index in [0.717, 1.165) is 5.56 Å². The summed E-state index contributed by atoms with van der Waals surface area (Å²) in [6, 6.07) is 6.41. The molecule has 1 fully saturated rings. The largest absolute Gasteiger partial charge is 0.465 e. The molecule has 144 valence electrons. The van der Waals surface area contributed by atoms with Crippen LogP contribution in [-0.4, -0.2) is 56.6 Å². The quantitative estimate of drug-likeness (QED) is 0.685. The molecule has 0 spiro atoms. The van der Waals surface area contributed by atoms with Crippen LogP contribution in [0.2, 0.25) is 0 Å². The monoisotopic (exact) mass is 382 g/mol. The van der Waals surface area contributed by atoms with Gasteiger partial charge in [0.1, 0.15) is 6.04 Å². The molecule has 1 heterocycles. The van der Waals surface area contributed by atoms with Gasteiger partial charge in [-0.2, -0.15) is 4.31 Å². The van der Waals surface area contributed by atoms with Gasteiger partial charge in [-0.05, 0) is 43.4 Å². The number of nitrogens with one attached hydrogen (secondary N) is 1. The van der Waals surface area contributed by atoms with E-state index < -0.39 is 22.0 Å². The molecule has 0 aliphatic carbocycles. The summed E-state index contributed by atoms with van der Waals surface area (Å²) < 4.78 is 30.6. The van der Waals surface area contributed by atoms with Gasteiger partial charge in [0.05, 0.1) is 18.4 Å². The van der Waals surface area contributed by atoms with Gasteiger partial charge in [0.25, 0.3) is 0 Å². The van der Waals surface area contributed by atoms with E-state index in [2.05, 4.69) is 5.32 Å². The van der Waals surface area contributed by atoms with Gasteiger partial charge in [0, 0.05) is 13.1 Å². The van der Waals surface area contributed by atoms with Gasteiger partial charge in [-0.1, -0.05) is 19.1 Å². The van der Waals surface area contributed by atoms with Crippen LogP contribution in [0.5, 0.6) is 0 Å². The first-order chi connectivity index (χ1) is 12.4. The third kappa shape index (κ3) is 5.04. The fourth-order valence-electron chi connectivity index (χ4n) is 3.13. The molecule has 1 atom stereocenters. The number of ether oxygens (including phenoxy) is 1. The van der Waals surface area contributed by atoms with Crippen molar-refractivity contribution in [3.8, 4) is 0 Å². The molecule has 1 aliphatic rings. The van der Waals surface area contributed by atoms with Gasteiger partial charge in [-0.25, -0.2) is 13.2 Å². The third-order valence-electron chi connectivity index (χ3n) is 4.39. The Kier molecular flexibility index (Phi) is 7.16. The van der Waals surface area contributed by atoms with Crippen molar-refractivity contribution in [3.63, 3.8) is 0 Å². The fourth-order valence-corrected chi connectivity index (χ4v) is 4.88. The lowest BCUT2D eigenvalue weighted by Gasteiger charge is -2.23. The number of hydrogen-bond donors (Lipinski definition) is 1. The molecular weight excluding hydrogens is 356 g/mol. The van der Waals surface area contributed by atoms with Crippen LogP contribution in [0, 0.1) is 0 Å². The van der Waals surface area contributed by atoms with Gasteiger partial charge in [0.15, 0.2) is 0 Å². The number of esters is 1. The van der Waals surface area contributed by atoms with Crippen molar-refractivity contribution in [1.82, 2.24) is 9.62 Å². The molecule has 1 amide bonds. The van der Waals surface area contributed by atoms with E-state index in [4.69, 9.17) is 4.74 Å². The topological polar surface area (TPSA) is 92.8 Å². The molecule has 1 aromatic rings. The van der Waals surface area contributed by atoms with Crippen molar-refractivity contribution < 1.29 is 22.7 Å². The van der Waals surface area contributed by atoms with Crippen molar-refractivity contribution in [1.29, 1.82) is 0 Å². The lowest BCUT2D eigenvalue weighted by atomic mass is 10.1.